The van der Waals surface area contributed by atoms with E-state index in [2.05, 4.69) is 47.9 Å². The fourth-order valence-electron chi connectivity index (χ4n) is 3.53. The van der Waals surface area contributed by atoms with Crippen LogP contribution in [0.2, 0.25) is 0 Å². The summed E-state index contributed by atoms with van der Waals surface area (Å²) >= 11 is 0. The maximum absolute atomic E-state index is 5.94. The molecule has 0 bridgehead atoms. The molecule has 0 radical (unpaired) electrons. The molecule has 2 nitrogen and oxygen atoms in total. The van der Waals surface area contributed by atoms with Crippen molar-refractivity contribution in [2.75, 3.05) is 0 Å². The summed E-state index contributed by atoms with van der Waals surface area (Å²) in [6.45, 7) is 4.06. The number of ether oxygens (including phenoxy) is 1. The Hall–Kier alpha value is -2.22. The van der Waals surface area contributed by atoms with Crippen LogP contribution in [-0.2, 0) is 13.2 Å². The molecule has 0 aliphatic carbocycles. The lowest BCUT2D eigenvalue weighted by molar-refractivity contribution is 0.306. The van der Waals surface area contributed by atoms with E-state index < -0.39 is 0 Å². The van der Waals surface area contributed by atoms with E-state index in [-0.39, 0.29) is 0 Å². The van der Waals surface area contributed by atoms with Gasteiger partial charge in [-0.1, -0.05) is 37.3 Å². The van der Waals surface area contributed by atoms with E-state index >= 15 is 0 Å². The van der Waals surface area contributed by atoms with Crippen molar-refractivity contribution in [1.29, 1.82) is 0 Å². The molecule has 1 aliphatic heterocycles. The molecular formula is C20H21NO. The van der Waals surface area contributed by atoms with Crippen LogP contribution in [0.15, 0.2) is 54.6 Å². The molecule has 1 aliphatic rings. The van der Waals surface area contributed by atoms with Gasteiger partial charge in [-0.15, -0.1) is 0 Å². The second kappa shape index (κ2) is 5.53. The number of aromatic nitrogens is 1. The van der Waals surface area contributed by atoms with Crippen molar-refractivity contribution in [2.45, 2.75) is 38.8 Å². The van der Waals surface area contributed by atoms with Crippen LogP contribution in [0.3, 0.4) is 0 Å². The first kappa shape index (κ1) is 13.4. The molecule has 3 aromatic rings. The van der Waals surface area contributed by atoms with E-state index in [1.807, 2.05) is 18.2 Å². The van der Waals surface area contributed by atoms with Crippen molar-refractivity contribution in [2.24, 2.45) is 0 Å². The second-order valence-corrected chi connectivity index (χ2v) is 6.11. The topological polar surface area (TPSA) is 14.2 Å². The highest BCUT2D eigenvalue weighted by atomic mass is 16.5. The molecule has 112 valence electrons. The van der Waals surface area contributed by atoms with Crippen LogP contribution in [0.5, 0.6) is 5.75 Å². The van der Waals surface area contributed by atoms with Crippen molar-refractivity contribution >= 4 is 10.9 Å². The minimum absolute atomic E-state index is 0.623. The number of benzene rings is 2. The summed E-state index contributed by atoms with van der Waals surface area (Å²) in [6, 6.07) is 19.1. The van der Waals surface area contributed by atoms with Gasteiger partial charge < -0.3 is 9.30 Å². The molecule has 4 rings (SSSR count). The van der Waals surface area contributed by atoms with E-state index in [1.54, 1.807) is 0 Å². The molecule has 22 heavy (non-hydrogen) atoms. The predicted molar refractivity (Wildman–Crippen MR) is 90.4 cm³/mol. The first-order valence-electron chi connectivity index (χ1n) is 8.15. The molecule has 0 saturated carbocycles. The van der Waals surface area contributed by atoms with Gasteiger partial charge in [-0.25, -0.2) is 0 Å². The largest absolute Gasteiger partial charge is 0.489 e. The smallest absolute Gasteiger partial charge is 0.120 e. The lowest BCUT2D eigenvalue weighted by Crippen LogP contribution is -1.95. The Bertz CT molecular complexity index is 788. The minimum atomic E-state index is 0.623. The number of hydrogen-bond donors (Lipinski definition) is 0. The van der Waals surface area contributed by atoms with E-state index in [1.165, 1.54) is 35.0 Å². The molecule has 2 heteroatoms. The Balaban J connectivity index is 1.59. The lowest BCUT2D eigenvalue weighted by Gasteiger charge is -2.07. The molecule has 0 spiro atoms. The fourth-order valence-corrected chi connectivity index (χ4v) is 3.53. The van der Waals surface area contributed by atoms with Crippen LogP contribution in [0, 0.1) is 0 Å². The summed E-state index contributed by atoms with van der Waals surface area (Å²) in [7, 11) is 0. The molecule has 0 N–H and O–H groups in total. The Morgan fingerprint density at radius 3 is 2.77 bits per heavy atom. The van der Waals surface area contributed by atoms with E-state index in [0.29, 0.717) is 6.61 Å². The summed E-state index contributed by atoms with van der Waals surface area (Å²) < 4.78 is 8.42. The van der Waals surface area contributed by atoms with Crippen molar-refractivity contribution in [3.05, 3.63) is 65.9 Å². The molecule has 0 unspecified atom stereocenters. The standard InChI is InChI=1S/C20H21NO/c1-2-16-10-11-21-19-9-8-18(12-17(19)13-20(16)21)22-14-15-6-4-3-5-7-15/h3-9,12-13,16H,2,10-11,14H2,1H3/t16-/m0/s1. The molecule has 1 aromatic heterocycles. The highest BCUT2D eigenvalue weighted by Crippen LogP contribution is 2.37. The average molecular weight is 291 g/mol. The summed E-state index contributed by atoms with van der Waals surface area (Å²) in [6.07, 6.45) is 2.52. The number of rotatable bonds is 4. The Labute approximate surface area is 131 Å². The van der Waals surface area contributed by atoms with Gasteiger partial charge in [-0.05, 0) is 42.7 Å². The van der Waals surface area contributed by atoms with E-state index in [0.717, 1.165) is 18.2 Å². The van der Waals surface area contributed by atoms with Gasteiger partial charge in [0.2, 0.25) is 0 Å². The summed E-state index contributed by atoms with van der Waals surface area (Å²) in [5, 5.41) is 1.30. The second-order valence-electron chi connectivity index (χ2n) is 6.11. The third kappa shape index (κ3) is 2.29. The van der Waals surface area contributed by atoms with Gasteiger partial charge in [0, 0.05) is 29.1 Å². The first-order chi connectivity index (χ1) is 10.8. The highest BCUT2D eigenvalue weighted by Gasteiger charge is 2.23. The molecular weight excluding hydrogens is 270 g/mol. The van der Waals surface area contributed by atoms with Gasteiger partial charge in [0.1, 0.15) is 12.4 Å². The quantitative estimate of drug-likeness (QED) is 0.651. The Morgan fingerprint density at radius 2 is 1.95 bits per heavy atom. The molecule has 2 aromatic carbocycles. The van der Waals surface area contributed by atoms with Crippen molar-refractivity contribution < 1.29 is 4.74 Å². The number of hydrogen-bond acceptors (Lipinski definition) is 1. The maximum Gasteiger partial charge on any atom is 0.120 e. The SMILES string of the molecule is CC[C@H]1CCn2c1cc1cc(OCc3ccccc3)ccc12. The molecule has 0 amide bonds. The highest BCUT2D eigenvalue weighted by molar-refractivity contribution is 5.83. The van der Waals surface area contributed by atoms with Gasteiger partial charge in [0.25, 0.3) is 0 Å². The van der Waals surface area contributed by atoms with Gasteiger partial charge in [0.15, 0.2) is 0 Å². The van der Waals surface area contributed by atoms with Gasteiger partial charge >= 0.3 is 0 Å². The van der Waals surface area contributed by atoms with Crippen LogP contribution in [0.4, 0.5) is 0 Å². The Kier molecular flexibility index (Phi) is 3.38. The number of fused-ring (bicyclic) bond motifs is 3. The lowest BCUT2D eigenvalue weighted by atomic mass is 10.0. The molecule has 0 fully saturated rings. The predicted octanol–water partition coefficient (Wildman–Crippen LogP) is 5.12. The van der Waals surface area contributed by atoms with Crippen LogP contribution in [0.25, 0.3) is 10.9 Å². The van der Waals surface area contributed by atoms with Gasteiger partial charge in [0.05, 0.1) is 0 Å². The summed E-state index contributed by atoms with van der Waals surface area (Å²) in [4.78, 5) is 0. The van der Waals surface area contributed by atoms with E-state index in [4.69, 9.17) is 4.74 Å². The minimum Gasteiger partial charge on any atom is -0.489 e. The first-order valence-corrected chi connectivity index (χ1v) is 8.15. The normalized spacial score (nSPS) is 16.9. The number of aryl methyl sites for hydroxylation is 1. The summed E-state index contributed by atoms with van der Waals surface area (Å²) in [5.41, 5.74) is 4.05. The molecule has 1 atom stereocenters. The van der Waals surface area contributed by atoms with Gasteiger partial charge in [-0.3, -0.25) is 0 Å². The van der Waals surface area contributed by atoms with Crippen LogP contribution in [0.1, 0.15) is 36.9 Å². The molecule has 0 saturated heterocycles. The van der Waals surface area contributed by atoms with Gasteiger partial charge in [-0.2, -0.15) is 0 Å². The van der Waals surface area contributed by atoms with E-state index in [9.17, 15) is 0 Å². The molecule has 2 heterocycles. The Morgan fingerprint density at radius 1 is 1.09 bits per heavy atom. The van der Waals surface area contributed by atoms with Crippen molar-refractivity contribution in [3.8, 4) is 5.75 Å². The zero-order chi connectivity index (χ0) is 14.9. The van der Waals surface area contributed by atoms with Crippen LogP contribution < -0.4 is 4.74 Å². The zero-order valence-electron chi connectivity index (χ0n) is 13.0. The van der Waals surface area contributed by atoms with Crippen molar-refractivity contribution in [1.82, 2.24) is 4.57 Å². The fraction of sp³-hybridized carbons (Fsp3) is 0.300. The van der Waals surface area contributed by atoms with Crippen LogP contribution >= 0.6 is 0 Å². The maximum atomic E-state index is 5.94. The number of nitrogens with zero attached hydrogens (tertiary/aromatic N) is 1. The monoisotopic (exact) mass is 291 g/mol. The average Bonchev–Trinajstić information content (AvgIpc) is 3.12. The van der Waals surface area contributed by atoms with Crippen molar-refractivity contribution in [3.63, 3.8) is 0 Å². The third-order valence-corrected chi connectivity index (χ3v) is 4.77. The van der Waals surface area contributed by atoms with Crippen LogP contribution in [-0.4, -0.2) is 4.57 Å². The summed E-state index contributed by atoms with van der Waals surface area (Å²) in [5.74, 6) is 1.68. The zero-order valence-corrected chi connectivity index (χ0v) is 13.0. The third-order valence-electron chi connectivity index (χ3n) is 4.77.